The highest BCUT2D eigenvalue weighted by atomic mass is 35.5. The Morgan fingerprint density at radius 2 is 1.81 bits per heavy atom. The second-order valence-corrected chi connectivity index (χ2v) is 5.82. The van der Waals surface area contributed by atoms with Crippen LogP contribution in [0.25, 0.3) is 0 Å². The summed E-state index contributed by atoms with van der Waals surface area (Å²) in [6.07, 6.45) is 2.84. The van der Waals surface area contributed by atoms with Gasteiger partial charge in [-0.2, -0.15) is 0 Å². The lowest BCUT2D eigenvalue weighted by atomic mass is 10.2. The minimum absolute atomic E-state index is 0.169. The van der Waals surface area contributed by atoms with Crippen molar-refractivity contribution in [2.24, 2.45) is 0 Å². The van der Waals surface area contributed by atoms with E-state index in [9.17, 15) is 4.79 Å². The molecule has 0 atom stereocenters. The molecule has 0 aliphatic heterocycles. The van der Waals surface area contributed by atoms with Crippen molar-refractivity contribution >= 4 is 34.7 Å². The van der Waals surface area contributed by atoms with E-state index in [0.717, 1.165) is 0 Å². The molecule has 3 rings (SSSR count). The molecule has 0 fully saturated rings. The van der Waals surface area contributed by atoms with E-state index in [2.05, 4.69) is 20.6 Å². The number of para-hydroxylation sites is 1. The van der Waals surface area contributed by atoms with Gasteiger partial charge < -0.3 is 20.1 Å². The summed E-state index contributed by atoms with van der Waals surface area (Å²) in [4.78, 5) is 20.6. The summed E-state index contributed by atoms with van der Waals surface area (Å²) in [6.45, 7) is 0. The highest BCUT2D eigenvalue weighted by molar-refractivity contribution is 6.33. The third-order valence-corrected chi connectivity index (χ3v) is 4.01. The molecule has 27 heavy (non-hydrogen) atoms. The van der Waals surface area contributed by atoms with Gasteiger partial charge in [0.15, 0.2) is 0 Å². The Labute approximate surface area is 161 Å². The quantitative estimate of drug-likeness (QED) is 0.664. The van der Waals surface area contributed by atoms with Gasteiger partial charge in [-0.05, 0) is 24.3 Å². The number of methoxy groups -OCH3 is 2. The van der Waals surface area contributed by atoms with Crippen LogP contribution >= 0.6 is 11.6 Å². The van der Waals surface area contributed by atoms with Gasteiger partial charge in [-0.15, -0.1) is 0 Å². The lowest BCUT2D eigenvalue weighted by Gasteiger charge is -2.12. The normalized spacial score (nSPS) is 10.2. The van der Waals surface area contributed by atoms with Gasteiger partial charge in [0.1, 0.15) is 23.0 Å². The molecule has 138 valence electrons. The van der Waals surface area contributed by atoms with Crippen LogP contribution in [-0.2, 0) is 0 Å². The Morgan fingerprint density at radius 3 is 2.48 bits per heavy atom. The highest BCUT2D eigenvalue weighted by Crippen LogP contribution is 2.30. The van der Waals surface area contributed by atoms with E-state index >= 15 is 0 Å². The fourth-order valence-corrected chi connectivity index (χ4v) is 2.48. The zero-order chi connectivity index (χ0) is 19.2. The number of benzene rings is 2. The molecule has 2 N–H and O–H groups in total. The number of hydrogen-bond acceptors (Lipinski definition) is 6. The van der Waals surface area contributed by atoms with Crippen molar-refractivity contribution in [3.8, 4) is 11.5 Å². The van der Waals surface area contributed by atoms with Crippen molar-refractivity contribution in [2.75, 3.05) is 24.9 Å². The molecule has 0 saturated carbocycles. The first-order chi connectivity index (χ1) is 13.1. The molecule has 1 amide bonds. The minimum atomic E-state index is -0.399. The molecule has 1 aromatic heterocycles. The third-order valence-electron chi connectivity index (χ3n) is 3.68. The average Bonchev–Trinajstić information content (AvgIpc) is 2.70. The largest absolute Gasteiger partial charge is 0.497 e. The number of nitrogens with zero attached hydrogens (tertiary/aromatic N) is 2. The summed E-state index contributed by atoms with van der Waals surface area (Å²) in [5.41, 5.74) is 1.37. The standard InChI is InChI=1S/C19H17ClN4O3/c1-26-12-7-8-15(17(9-12)27-2)23-18-11-21-16(10-22-18)19(25)24-14-6-4-3-5-13(14)20/h3-11H,1-2H3,(H,22,23)(H,24,25). The predicted octanol–water partition coefficient (Wildman–Crippen LogP) is 4.14. The fraction of sp³-hybridized carbons (Fsp3) is 0.105. The molecular formula is C19H17ClN4O3. The third kappa shape index (κ3) is 4.45. The zero-order valence-corrected chi connectivity index (χ0v) is 15.4. The predicted molar refractivity (Wildman–Crippen MR) is 104 cm³/mol. The number of aromatic nitrogens is 2. The monoisotopic (exact) mass is 384 g/mol. The number of carbonyl (C=O) groups excluding carboxylic acids is 1. The lowest BCUT2D eigenvalue weighted by molar-refractivity contribution is 0.102. The van der Waals surface area contributed by atoms with E-state index in [1.807, 2.05) is 0 Å². The van der Waals surface area contributed by atoms with Crippen molar-refractivity contribution in [1.82, 2.24) is 9.97 Å². The Balaban J connectivity index is 1.72. The molecule has 0 saturated heterocycles. The number of rotatable bonds is 6. The van der Waals surface area contributed by atoms with Crippen molar-refractivity contribution in [1.29, 1.82) is 0 Å². The van der Waals surface area contributed by atoms with Crippen LogP contribution in [0, 0.1) is 0 Å². The van der Waals surface area contributed by atoms with Crippen LogP contribution in [-0.4, -0.2) is 30.1 Å². The van der Waals surface area contributed by atoms with E-state index in [-0.39, 0.29) is 5.69 Å². The van der Waals surface area contributed by atoms with Gasteiger partial charge in [0.05, 0.1) is 43.0 Å². The summed E-state index contributed by atoms with van der Waals surface area (Å²) in [7, 11) is 3.15. The average molecular weight is 385 g/mol. The van der Waals surface area contributed by atoms with Crippen LogP contribution < -0.4 is 20.1 Å². The molecular weight excluding hydrogens is 368 g/mol. The summed E-state index contributed by atoms with van der Waals surface area (Å²) < 4.78 is 10.5. The van der Waals surface area contributed by atoms with Gasteiger partial charge in [-0.3, -0.25) is 4.79 Å². The number of carbonyl (C=O) groups is 1. The lowest BCUT2D eigenvalue weighted by Crippen LogP contribution is -2.14. The van der Waals surface area contributed by atoms with E-state index < -0.39 is 5.91 Å². The van der Waals surface area contributed by atoms with Gasteiger partial charge in [-0.25, -0.2) is 9.97 Å². The number of hydrogen-bond donors (Lipinski definition) is 2. The fourth-order valence-electron chi connectivity index (χ4n) is 2.30. The van der Waals surface area contributed by atoms with Gasteiger partial charge in [0.25, 0.3) is 5.91 Å². The van der Waals surface area contributed by atoms with Crippen molar-refractivity contribution < 1.29 is 14.3 Å². The van der Waals surface area contributed by atoms with Crippen LogP contribution in [0.3, 0.4) is 0 Å². The maximum absolute atomic E-state index is 12.3. The Bertz CT molecular complexity index is 948. The number of anilines is 3. The van der Waals surface area contributed by atoms with Crippen LogP contribution in [0.2, 0.25) is 5.02 Å². The molecule has 0 aliphatic carbocycles. The number of amides is 1. The number of nitrogens with one attached hydrogen (secondary N) is 2. The molecule has 3 aromatic rings. The van der Waals surface area contributed by atoms with E-state index in [1.54, 1.807) is 56.7 Å². The molecule has 0 spiro atoms. The molecule has 1 heterocycles. The highest BCUT2D eigenvalue weighted by Gasteiger charge is 2.11. The summed E-state index contributed by atoms with van der Waals surface area (Å²) in [5, 5.41) is 6.24. The van der Waals surface area contributed by atoms with E-state index in [4.69, 9.17) is 21.1 Å². The Hall–Kier alpha value is -3.32. The first-order valence-corrected chi connectivity index (χ1v) is 8.35. The van der Waals surface area contributed by atoms with Crippen molar-refractivity contribution in [3.63, 3.8) is 0 Å². The molecule has 0 unspecified atom stereocenters. The summed E-state index contributed by atoms with van der Waals surface area (Å²) in [6, 6.07) is 12.3. The first kappa shape index (κ1) is 18.5. The van der Waals surface area contributed by atoms with Gasteiger partial charge in [0, 0.05) is 6.07 Å². The number of ether oxygens (including phenoxy) is 2. The molecule has 2 aromatic carbocycles. The molecule has 0 aliphatic rings. The molecule has 7 nitrogen and oxygen atoms in total. The van der Waals surface area contributed by atoms with Crippen molar-refractivity contribution in [3.05, 3.63) is 65.6 Å². The van der Waals surface area contributed by atoms with E-state index in [0.29, 0.717) is 33.7 Å². The van der Waals surface area contributed by atoms with Gasteiger partial charge in [-0.1, -0.05) is 23.7 Å². The summed E-state index contributed by atoms with van der Waals surface area (Å²) >= 11 is 6.04. The van der Waals surface area contributed by atoms with Gasteiger partial charge in [0.2, 0.25) is 0 Å². The smallest absolute Gasteiger partial charge is 0.275 e. The van der Waals surface area contributed by atoms with Crippen LogP contribution in [0.1, 0.15) is 10.5 Å². The Kier molecular flexibility index (Phi) is 5.73. The van der Waals surface area contributed by atoms with Crippen LogP contribution in [0.5, 0.6) is 11.5 Å². The van der Waals surface area contributed by atoms with Crippen molar-refractivity contribution in [2.45, 2.75) is 0 Å². The maximum Gasteiger partial charge on any atom is 0.275 e. The minimum Gasteiger partial charge on any atom is -0.497 e. The molecule has 0 radical (unpaired) electrons. The second-order valence-electron chi connectivity index (χ2n) is 5.41. The van der Waals surface area contributed by atoms with Crippen LogP contribution in [0.15, 0.2) is 54.9 Å². The first-order valence-electron chi connectivity index (χ1n) is 7.97. The molecule has 0 bridgehead atoms. The SMILES string of the molecule is COc1ccc(Nc2cnc(C(=O)Nc3ccccc3Cl)cn2)c(OC)c1. The van der Waals surface area contributed by atoms with E-state index in [1.165, 1.54) is 12.4 Å². The Morgan fingerprint density at radius 1 is 1.00 bits per heavy atom. The van der Waals surface area contributed by atoms with Gasteiger partial charge >= 0.3 is 0 Å². The topological polar surface area (TPSA) is 85.4 Å². The van der Waals surface area contributed by atoms with Crippen LogP contribution in [0.4, 0.5) is 17.2 Å². The zero-order valence-electron chi connectivity index (χ0n) is 14.7. The number of halogens is 1. The second kappa shape index (κ2) is 8.37. The summed E-state index contributed by atoms with van der Waals surface area (Å²) in [5.74, 6) is 1.34. The molecule has 8 heteroatoms. The maximum atomic E-state index is 12.3.